The molecule has 0 atom stereocenters. The number of carbonyl (C=O) groups excluding carboxylic acids is 1. The van der Waals surface area contributed by atoms with Crippen molar-refractivity contribution in [1.82, 2.24) is 14.9 Å². The molecule has 0 saturated carbocycles. The number of rotatable bonds is 5. The predicted molar refractivity (Wildman–Crippen MR) is 125 cm³/mol. The van der Waals surface area contributed by atoms with Crippen molar-refractivity contribution in [1.29, 1.82) is 0 Å². The molecule has 0 radical (unpaired) electrons. The van der Waals surface area contributed by atoms with E-state index in [0.29, 0.717) is 23.1 Å². The lowest BCUT2D eigenvalue weighted by Crippen LogP contribution is -2.44. The van der Waals surface area contributed by atoms with Gasteiger partial charge in [0.1, 0.15) is 5.82 Å². The molecule has 2 aromatic carbocycles. The lowest BCUT2D eigenvalue weighted by atomic mass is 10.2. The van der Waals surface area contributed by atoms with Gasteiger partial charge in [-0.15, -0.1) is 0 Å². The SMILES string of the molecule is CN1CCN(c2ccc(Nc3nccc(NC(=O)Nc4cccc(N)c4)n3)cc2)CC1. The van der Waals surface area contributed by atoms with Crippen molar-refractivity contribution in [3.63, 3.8) is 0 Å². The number of likely N-dealkylation sites (N-methyl/N-ethyl adjacent to an activating group) is 1. The molecule has 0 bridgehead atoms. The maximum atomic E-state index is 12.2. The van der Waals surface area contributed by atoms with Gasteiger partial charge in [0.25, 0.3) is 0 Å². The van der Waals surface area contributed by atoms with E-state index in [1.54, 1.807) is 36.5 Å². The molecule has 1 aromatic heterocycles. The smallest absolute Gasteiger partial charge is 0.324 e. The number of urea groups is 1. The Labute approximate surface area is 181 Å². The van der Waals surface area contributed by atoms with E-state index >= 15 is 0 Å². The van der Waals surface area contributed by atoms with Gasteiger partial charge in [-0.05, 0) is 55.6 Å². The molecule has 5 N–H and O–H groups in total. The molecular weight excluding hydrogens is 392 g/mol. The Balaban J connectivity index is 1.35. The molecule has 4 rings (SSSR count). The van der Waals surface area contributed by atoms with Gasteiger partial charge in [-0.25, -0.2) is 9.78 Å². The number of anilines is 6. The van der Waals surface area contributed by atoms with Crippen molar-refractivity contribution in [2.75, 3.05) is 59.8 Å². The Kier molecular flexibility index (Phi) is 6.13. The minimum absolute atomic E-state index is 0.382. The lowest BCUT2D eigenvalue weighted by molar-refractivity contribution is 0.262. The topological polar surface area (TPSA) is 111 Å². The normalized spacial score (nSPS) is 14.2. The first-order valence-electron chi connectivity index (χ1n) is 10.1. The number of amides is 2. The highest BCUT2D eigenvalue weighted by atomic mass is 16.2. The molecule has 3 aromatic rings. The van der Waals surface area contributed by atoms with Crippen molar-refractivity contribution >= 4 is 40.5 Å². The number of nitrogens with one attached hydrogen (secondary N) is 3. The van der Waals surface area contributed by atoms with Crippen LogP contribution in [0.15, 0.2) is 60.8 Å². The summed E-state index contributed by atoms with van der Waals surface area (Å²) in [4.78, 5) is 25.5. The monoisotopic (exact) mass is 418 g/mol. The Bertz CT molecular complexity index is 1030. The number of nitrogens with two attached hydrogens (primary N) is 1. The fourth-order valence-electron chi connectivity index (χ4n) is 3.33. The van der Waals surface area contributed by atoms with Crippen LogP contribution in [0.5, 0.6) is 0 Å². The molecule has 0 unspecified atom stereocenters. The van der Waals surface area contributed by atoms with Gasteiger partial charge in [-0.2, -0.15) is 4.98 Å². The minimum atomic E-state index is -0.410. The van der Waals surface area contributed by atoms with Crippen LogP contribution >= 0.6 is 0 Å². The zero-order valence-corrected chi connectivity index (χ0v) is 17.4. The van der Waals surface area contributed by atoms with Gasteiger partial charge in [0, 0.05) is 55.1 Å². The molecule has 9 heteroatoms. The van der Waals surface area contributed by atoms with E-state index in [2.05, 4.69) is 54.9 Å². The molecule has 1 saturated heterocycles. The third kappa shape index (κ3) is 5.61. The number of aromatic nitrogens is 2. The van der Waals surface area contributed by atoms with Crippen LogP contribution in [0.3, 0.4) is 0 Å². The Hall–Kier alpha value is -3.85. The molecule has 2 amide bonds. The maximum Gasteiger partial charge on any atom is 0.324 e. The van der Waals surface area contributed by atoms with Crippen LogP contribution in [0.1, 0.15) is 0 Å². The van der Waals surface area contributed by atoms with E-state index in [1.807, 2.05) is 12.1 Å². The Morgan fingerprint density at radius 2 is 1.74 bits per heavy atom. The average molecular weight is 419 g/mol. The quantitative estimate of drug-likeness (QED) is 0.471. The van der Waals surface area contributed by atoms with E-state index in [9.17, 15) is 4.79 Å². The summed E-state index contributed by atoms with van der Waals surface area (Å²) >= 11 is 0. The fourth-order valence-corrected chi connectivity index (χ4v) is 3.33. The molecule has 31 heavy (non-hydrogen) atoms. The van der Waals surface area contributed by atoms with Gasteiger partial charge >= 0.3 is 6.03 Å². The summed E-state index contributed by atoms with van der Waals surface area (Å²) in [7, 11) is 2.15. The number of nitrogens with zero attached hydrogens (tertiary/aromatic N) is 4. The maximum absolute atomic E-state index is 12.2. The van der Waals surface area contributed by atoms with Crippen molar-refractivity contribution in [3.05, 3.63) is 60.8 Å². The highest BCUT2D eigenvalue weighted by molar-refractivity contribution is 5.99. The molecule has 0 spiro atoms. The summed E-state index contributed by atoms with van der Waals surface area (Å²) in [6.07, 6.45) is 1.59. The fraction of sp³-hybridized carbons (Fsp3) is 0.227. The van der Waals surface area contributed by atoms with E-state index in [0.717, 1.165) is 31.9 Å². The second kappa shape index (κ2) is 9.31. The molecule has 9 nitrogen and oxygen atoms in total. The Morgan fingerprint density at radius 3 is 2.48 bits per heavy atom. The number of carbonyl (C=O) groups is 1. The summed E-state index contributed by atoms with van der Waals surface area (Å²) in [5.41, 5.74) is 8.98. The number of piperazine rings is 1. The number of hydrogen-bond acceptors (Lipinski definition) is 7. The molecule has 160 valence electrons. The summed E-state index contributed by atoms with van der Waals surface area (Å²) in [5.74, 6) is 0.780. The van der Waals surface area contributed by atoms with Gasteiger partial charge in [0.2, 0.25) is 5.95 Å². The third-order valence-electron chi connectivity index (χ3n) is 5.03. The van der Waals surface area contributed by atoms with Gasteiger partial charge in [-0.1, -0.05) is 6.07 Å². The van der Waals surface area contributed by atoms with Crippen LogP contribution < -0.4 is 26.6 Å². The first-order valence-corrected chi connectivity index (χ1v) is 10.1. The molecule has 1 aliphatic heterocycles. The standard InChI is InChI=1S/C22H26N8O/c1-29-11-13-30(14-12-29)19-7-5-17(6-8-19)25-21-24-10-9-20(27-21)28-22(31)26-18-4-2-3-16(23)15-18/h2-10,15H,11-14,23H2,1H3,(H3,24,25,26,27,28,31). The van der Waals surface area contributed by atoms with Crippen LogP contribution in [0.25, 0.3) is 0 Å². The van der Waals surface area contributed by atoms with E-state index in [-0.39, 0.29) is 0 Å². The molecule has 2 heterocycles. The summed E-state index contributed by atoms with van der Waals surface area (Å²) in [5, 5.41) is 8.60. The van der Waals surface area contributed by atoms with Crippen LogP contribution in [-0.4, -0.2) is 54.1 Å². The van der Waals surface area contributed by atoms with E-state index < -0.39 is 6.03 Å². The Morgan fingerprint density at radius 1 is 0.968 bits per heavy atom. The van der Waals surface area contributed by atoms with Crippen molar-refractivity contribution < 1.29 is 4.79 Å². The zero-order valence-electron chi connectivity index (χ0n) is 17.4. The summed E-state index contributed by atoms with van der Waals surface area (Å²) < 4.78 is 0. The second-order valence-corrected chi connectivity index (χ2v) is 7.43. The first kappa shape index (κ1) is 20.4. The summed E-state index contributed by atoms with van der Waals surface area (Å²) in [6, 6.07) is 16.4. The molecular formula is C22H26N8O. The van der Waals surface area contributed by atoms with Crippen molar-refractivity contribution in [2.45, 2.75) is 0 Å². The average Bonchev–Trinajstić information content (AvgIpc) is 2.75. The largest absolute Gasteiger partial charge is 0.399 e. The molecule has 0 aliphatic carbocycles. The minimum Gasteiger partial charge on any atom is -0.399 e. The highest BCUT2D eigenvalue weighted by Gasteiger charge is 2.14. The van der Waals surface area contributed by atoms with Crippen molar-refractivity contribution in [3.8, 4) is 0 Å². The molecule has 1 aliphatic rings. The van der Waals surface area contributed by atoms with E-state index in [4.69, 9.17) is 5.73 Å². The number of hydrogen-bond donors (Lipinski definition) is 4. The predicted octanol–water partition coefficient (Wildman–Crippen LogP) is 3.20. The lowest BCUT2D eigenvalue weighted by Gasteiger charge is -2.34. The van der Waals surface area contributed by atoms with Gasteiger partial charge in [-0.3, -0.25) is 5.32 Å². The zero-order chi connectivity index (χ0) is 21.6. The van der Waals surface area contributed by atoms with E-state index in [1.165, 1.54) is 5.69 Å². The van der Waals surface area contributed by atoms with Crippen LogP contribution in [0, 0.1) is 0 Å². The van der Waals surface area contributed by atoms with Crippen LogP contribution in [0.4, 0.5) is 39.3 Å². The first-order chi connectivity index (χ1) is 15.0. The van der Waals surface area contributed by atoms with Gasteiger partial charge in [0.15, 0.2) is 0 Å². The highest BCUT2D eigenvalue weighted by Crippen LogP contribution is 2.21. The molecule has 1 fully saturated rings. The van der Waals surface area contributed by atoms with Crippen LogP contribution in [-0.2, 0) is 0 Å². The summed E-state index contributed by atoms with van der Waals surface area (Å²) in [6.45, 7) is 4.19. The van der Waals surface area contributed by atoms with Crippen molar-refractivity contribution in [2.24, 2.45) is 0 Å². The third-order valence-corrected chi connectivity index (χ3v) is 5.03. The van der Waals surface area contributed by atoms with Gasteiger partial charge in [0.05, 0.1) is 0 Å². The number of nitrogen functional groups attached to an aromatic ring is 1. The number of benzene rings is 2. The van der Waals surface area contributed by atoms with Gasteiger partial charge < -0.3 is 26.2 Å². The van der Waals surface area contributed by atoms with Crippen LogP contribution in [0.2, 0.25) is 0 Å². The second-order valence-electron chi connectivity index (χ2n) is 7.43.